The number of carbonyl (C=O) groups is 2. The molecule has 1 aromatic heterocycles. The van der Waals surface area contributed by atoms with Crippen LogP contribution in [0.5, 0.6) is 0 Å². The van der Waals surface area contributed by atoms with Gasteiger partial charge in [0.2, 0.25) is 0 Å². The van der Waals surface area contributed by atoms with Crippen molar-refractivity contribution in [2.24, 2.45) is 0 Å². The third-order valence-electron chi connectivity index (χ3n) is 3.51. The van der Waals surface area contributed by atoms with E-state index in [-0.39, 0.29) is 17.9 Å². The highest BCUT2D eigenvalue weighted by atomic mass is 16.5. The van der Waals surface area contributed by atoms with Gasteiger partial charge in [-0.15, -0.1) is 0 Å². The van der Waals surface area contributed by atoms with Crippen molar-refractivity contribution in [2.75, 3.05) is 13.7 Å². The Labute approximate surface area is 134 Å². The summed E-state index contributed by atoms with van der Waals surface area (Å²) < 4.78 is 9.93. The number of quaternary nitrogens is 1. The van der Waals surface area contributed by atoms with Crippen LogP contribution in [0.15, 0.2) is 47.1 Å². The van der Waals surface area contributed by atoms with Gasteiger partial charge in [0.1, 0.15) is 6.04 Å². The van der Waals surface area contributed by atoms with E-state index < -0.39 is 0 Å². The fourth-order valence-corrected chi connectivity index (χ4v) is 2.10. The average Bonchev–Trinajstić information content (AvgIpc) is 3.12. The molecule has 0 spiro atoms. The lowest BCUT2D eigenvalue weighted by atomic mass is 10.1. The van der Waals surface area contributed by atoms with Crippen molar-refractivity contribution in [1.82, 2.24) is 5.32 Å². The van der Waals surface area contributed by atoms with Gasteiger partial charge in [-0.05, 0) is 36.8 Å². The van der Waals surface area contributed by atoms with Crippen LogP contribution < -0.4 is 10.6 Å². The highest BCUT2D eigenvalue weighted by Crippen LogP contribution is 2.07. The van der Waals surface area contributed by atoms with Crippen LogP contribution in [-0.2, 0) is 16.1 Å². The summed E-state index contributed by atoms with van der Waals surface area (Å²) in [5, 5.41) is 4.76. The molecule has 23 heavy (non-hydrogen) atoms. The van der Waals surface area contributed by atoms with Crippen molar-refractivity contribution in [3.05, 3.63) is 59.5 Å². The van der Waals surface area contributed by atoms with Crippen LogP contribution in [0, 0.1) is 0 Å². The Balaban J connectivity index is 1.75. The van der Waals surface area contributed by atoms with E-state index in [1.54, 1.807) is 30.5 Å². The number of amides is 1. The first kappa shape index (κ1) is 16.8. The summed E-state index contributed by atoms with van der Waals surface area (Å²) in [6.07, 6.45) is 1.62. The molecule has 0 aliphatic heterocycles. The van der Waals surface area contributed by atoms with Gasteiger partial charge >= 0.3 is 5.97 Å². The molecule has 122 valence electrons. The van der Waals surface area contributed by atoms with Crippen molar-refractivity contribution in [3.63, 3.8) is 0 Å². The lowest BCUT2D eigenvalue weighted by Crippen LogP contribution is -2.86. The number of nitrogens with one attached hydrogen (secondary N) is 1. The molecule has 6 heteroatoms. The van der Waals surface area contributed by atoms with E-state index >= 15 is 0 Å². The Bertz CT molecular complexity index is 635. The number of hydrogen-bond acceptors (Lipinski definition) is 4. The Morgan fingerprint density at radius 2 is 2.00 bits per heavy atom. The summed E-state index contributed by atoms with van der Waals surface area (Å²) in [5.74, 6) is 0.416. The molecular formula is C17H21N2O4+. The molecule has 1 amide bonds. The second kappa shape index (κ2) is 8.14. The lowest BCUT2D eigenvalue weighted by molar-refractivity contribution is -0.684. The molecule has 1 atom stereocenters. The zero-order valence-corrected chi connectivity index (χ0v) is 13.2. The summed E-state index contributed by atoms with van der Waals surface area (Å²) in [6, 6.07) is 10.8. The molecule has 0 aliphatic carbocycles. The summed E-state index contributed by atoms with van der Waals surface area (Å²) in [7, 11) is 1.34. The molecule has 0 saturated heterocycles. The maximum atomic E-state index is 11.9. The second-order valence-corrected chi connectivity index (χ2v) is 5.21. The van der Waals surface area contributed by atoms with Crippen LogP contribution in [-0.4, -0.2) is 25.5 Å². The van der Waals surface area contributed by atoms with E-state index in [9.17, 15) is 9.59 Å². The van der Waals surface area contributed by atoms with Gasteiger partial charge in [0, 0.05) is 6.54 Å². The largest absolute Gasteiger partial charge is 0.465 e. The molecule has 0 aliphatic rings. The predicted octanol–water partition coefficient (Wildman–Crippen LogP) is 1.01. The van der Waals surface area contributed by atoms with Crippen LogP contribution in [0.2, 0.25) is 0 Å². The second-order valence-electron chi connectivity index (χ2n) is 5.21. The van der Waals surface area contributed by atoms with E-state index in [2.05, 4.69) is 10.1 Å². The quantitative estimate of drug-likeness (QED) is 0.746. The summed E-state index contributed by atoms with van der Waals surface area (Å²) in [5.41, 5.74) is 1.41. The summed E-state index contributed by atoms with van der Waals surface area (Å²) in [6.45, 7) is 2.73. The summed E-state index contributed by atoms with van der Waals surface area (Å²) in [4.78, 5) is 23.2. The fourth-order valence-electron chi connectivity index (χ4n) is 2.10. The zero-order valence-electron chi connectivity index (χ0n) is 13.2. The lowest BCUT2D eigenvalue weighted by Gasteiger charge is -2.09. The van der Waals surface area contributed by atoms with Gasteiger partial charge in [-0.1, -0.05) is 12.1 Å². The van der Waals surface area contributed by atoms with Crippen molar-refractivity contribution in [1.29, 1.82) is 0 Å². The third-order valence-corrected chi connectivity index (χ3v) is 3.51. The number of esters is 1. The molecule has 0 radical (unpaired) electrons. The van der Waals surface area contributed by atoms with E-state index in [1.165, 1.54) is 7.11 Å². The van der Waals surface area contributed by atoms with Crippen LogP contribution >= 0.6 is 0 Å². The highest BCUT2D eigenvalue weighted by Gasteiger charge is 2.13. The Morgan fingerprint density at radius 1 is 1.26 bits per heavy atom. The molecule has 3 N–H and O–H groups in total. The van der Waals surface area contributed by atoms with E-state index in [1.807, 2.05) is 24.4 Å². The third kappa shape index (κ3) is 4.96. The van der Waals surface area contributed by atoms with E-state index in [4.69, 9.17) is 4.42 Å². The van der Waals surface area contributed by atoms with Gasteiger partial charge in [-0.2, -0.15) is 0 Å². The molecule has 2 aromatic rings. The normalized spacial score (nSPS) is 11.7. The number of carbonyl (C=O) groups excluding carboxylic acids is 2. The minimum atomic E-state index is -0.373. The van der Waals surface area contributed by atoms with E-state index in [0.29, 0.717) is 18.7 Å². The fraction of sp³-hybridized carbons (Fsp3) is 0.294. The maximum Gasteiger partial charge on any atom is 0.337 e. The SMILES string of the molecule is COC(=O)c1ccc(CNC(=O)C[NH2+][C@H](C)c2ccco2)cc1. The Hall–Kier alpha value is -2.60. The topological polar surface area (TPSA) is 85.1 Å². The molecular weight excluding hydrogens is 296 g/mol. The zero-order chi connectivity index (χ0) is 16.7. The first-order valence-electron chi connectivity index (χ1n) is 7.41. The van der Waals surface area contributed by atoms with Gasteiger partial charge < -0.3 is 19.8 Å². The van der Waals surface area contributed by atoms with E-state index in [0.717, 1.165) is 11.3 Å². The van der Waals surface area contributed by atoms with Crippen LogP contribution in [0.3, 0.4) is 0 Å². The van der Waals surface area contributed by atoms with Crippen molar-refractivity contribution < 1.29 is 24.1 Å². The minimum absolute atomic E-state index is 0.0551. The minimum Gasteiger partial charge on any atom is -0.465 e. The first-order valence-corrected chi connectivity index (χ1v) is 7.41. The number of hydrogen-bond donors (Lipinski definition) is 2. The molecule has 6 nitrogen and oxygen atoms in total. The smallest absolute Gasteiger partial charge is 0.337 e. The Morgan fingerprint density at radius 3 is 2.61 bits per heavy atom. The first-order chi connectivity index (χ1) is 11.1. The molecule has 0 bridgehead atoms. The van der Waals surface area contributed by atoms with Crippen LogP contribution in [0.1, 0.15) is 34.6 Å². The van der Waals surface area contributed by atoms with Gasteiger partial charge in [0.25, 0.3) is 5.91 Å². The molecule has 0 fully saturated rings. The molecule has 2 rings (SSSR count). The molecule has 0 unspecified atom stereocenters. The average molecular weight is 317 g/mol. The maximum absolute atomic E-state index is 11.9. The van der Waals surface area contributed by atoms with Crippen molar-refractivity contribution in [2.45, 2.75) is 19.5 Å². The van der Waals surface area contributed by atoms with Crippen molar-refractivity contribution in [3.8, 4) is 0 Å². The number of furan rings is 1. The molecule has 0 saturated carbocycles. The molecule has 1 heterocycles. The monoisotopic (exact) mass is 317 g/mol. The number of nitrogens with two attached hydrogens (primary N) is 1. The van der Waals surface area contributed by atoms with Crippen molar-refractivity contribution >= 4 is 11.9 Å². The number of benzene rings is 1. The Kier molecular flexibility index (Phi) is 5.94. The number of ether oxygens (including phenoxy) is 1. The van der Waals surface area contributed by atoms with Gasteiger partial charge in [-0.25, -0.2) is 4.79 Å². The predicted molar refractivity (Wildman–Crippen MR) is 83.5 cm³/mol. The van der Waals surface area contributed by atoms with Gasteiger partial charge in [0.05, 0.1) is 18.9 Å². The number of rotatable bonds is 7. The highest BCUT2D eigenvalue weighted by molar-refractivity contribution is 5.89. The van der Waals surface area contributed by atoms with Crippen LogP contribution in [0.4, 0.5) is 0 Å². The van der Waals surface area contributed by atoms with Crippen LogP contribution in [0.25, 0.3) is 0 Å². The van der Waals surface area contributed by atoms with Gasteiger partial charge in [-0.3, -0.25) is 4.79 Å². The number of methoxy groups -OCH3 is 1. The van der Waals surface area contributed by atoms with Gasteiger partial charge in [0.15, 0.2) is 12.3 Å². The molecule has 1 aromatic carbocycles. The standard InChI is InChI=1S/C17H20N2O4/c1-12(15-4-3-9-23-15)18-11-16(20)19-10-13-5-7-14(8-6-13)17(21)22-2/h3-9,12,18H,10-11H2,1-2H3,(H,19,20)/p+1/t12-/m1/s1. The summed E-state index contributed by atoms with van der Waals surface area (Å²) >= 11 is 0.